The summed E-state index contributed by atoms with van der Waals surface area (Å²) in [5, 5.41) is 3.15. The predicted molar refractivity (Wildman–Crippen MR) is 39.2 cm³/mol. The molecule has 1 atom stereocenters. The molecule has 1 heterocycles. The molecule has 0 aromatic heterocycles. The maximum absolute atomic E-state index is 10.8. The molecule has 1 fully saturated rings. The number of hydrogen-bond donors (Lipinski definition) is 1. The van der Waals surface area contributed by atoms with E-state index in [1.54, 1.807) is 18.7 Å². The minimum atomic E-state index is -0.0231. The van der Waals surface area contributed by atoms with Crippen molar-refractivity contribution in [2.75, 3.05) is 5.75 Å². The molecule has 0 spiro atoms. The summed E-state index contributed by atoms with van der Waals surface area (Å²) >= 11 is 1.74. The Kier molecular flexibility index (Phi) is 1.81. The summed E-state index contributed by atoms with van der Waals surface area (Å²) in [5.41, 5.74) is 0.586. The number of carbonyl (C=O) groups is 1. The van der Waals surface area contributed by atoms with Gasteiger partial charge in [-0.1, -0.05) is 6.58 Å². The molecule has 1 unspecified atom stereocenters. The molecule has 0 radical (unpaired) electrons. The van der Waals surface area contributed by atoms with Gasteiger partial charge >= 0.3 is 0 Å². The number of carbonyl (C=O) groups excluding carboxylic acids is 1. The van der Waals surface area contributed by atoms with E-state index in [-0.39, 0.29) is 5.91 Å². The van der Waals surface area contributed by atoms with Gasteiger partial charge in [0.2, 0.25) is 5.91 Å². The minimum Gasteiger partial charge on any atom is -0.340 e. The zero-order valence-electron chi connectivity index (χ0n) is 5.31. The highest BCUT2D eigenvalue weighted by Gasteiger charge is 2.23. The maximum atomic E-state index is 10.8. The topological polar surface area (TPSA) is 29.1 Å². The van der Waals surface area contributed by atoms with Gasteiger partial charge in [0.05, 0.1) is 5.37 Å². The first-order valence-electron chi connectivity index (χ1n) is 2.78. The van der Waals surface area contributed by atoms with E-state index in [4.69, 9.17) is 0 Å². The molecule has 50 valence electrons. The summed E-state index contributed by atoms with van der Waals surface area (Å²) in [6.07, 6.45) is 0. The first-order chi connectivity index (χ1) is 4.20. The fraction of sp³-hybridized carbons (Fsp3) is 0.500. The number of thioether (sulfide) groups is 1. The van der Waals surface area contributed by atoms with Gasteiger partial charge in [-0.25, -0.2) is 0 Å². The average Bonchev–Trinajstić information content (AvgIpc) is 2.50. The molecule has 1 aliphatic heterocycles. The number of nitrogens with one attached hydrogen (secondary N) is 1. The highest BCUT2D eigenvalue weighted by atomic mass is 32.2. The largest absolute Gasteiger partial charge is 0.340 e. The molecule has 1 aliphatic rings. The summed E-state index contributed by atoms with van der Waals surface area (Å²) in [7, 11) is 0. The van der Waals surface area contributed by atoms with Crippen molar-refractivity contribution in [2.45, 2.75) is 12.3 Å². The van der Waals surface area contributed by atoms with Crippen molar-refractivity contribution in [3.63, 3.8) is 0 Å². The van der Waals surface area contributed by atoms with Crippen molar-refractivity contribution in [1.29, 1.82) is 0 Å². The molecule has 0 saturated carbocycles. The third kappa shape index (κ3) is 2.10. The standard InChI is InChI=1S/C6H9NOS/c1-4(2)6(8)7-5-3-9-5/h5H,1,3H2,2H3,(H,7,8). The molecule has 1 rings (SSSR count). The summed E-state index contributed by atoms with van der Waals surface area (Å²) in [6.45, 7) is 5.23. The normalized spacial score (nSPS) is 23.0. The zero-order valence-corrected chi connectivity index (χ0v) is 6.12. The van der Waals surface area contributed by atoms with Crippen LogP contribution in [0.1, 0.15) is 6.92 Å². The van der Waals surface area contributed by atoms with Gasteiger partial charge in [0.25, 0.3) is 0 Å². The van der Waals surface area contributed by atoms with E-state index in [9.17, 15) is 4.79 Å². The summed E-state index contributed by atoms with van der Waals surface area (Å²) in [5.74, 6) is 1.03. The van der Waals surface area contributed by atoms with E-state index in [2.05, 4.69) is 11.9 Å². The van der Waals surface area contributed by atoms with Crippen LogP contribution in [0.15, 0.2) is 12.2 Å². The van der Waals surface area contributed by atoms with Gasteiger partial charge in [0, 0.05) is 11.3 Å². The van der Waals surface area contributed by atoms with Crippen LogP contribution in [0.4, 0.5) is 0 Å². The Morgan fingerprint density at radius 3 is 2.78 bits per heavy atom. The van der Waals surface area contributed by atoms with Crippen LogP contribution in [0.5, 0.6) is 0 Å². The van der Waals surface area contributed by atoms with E-state index in [1.165, 1.54) is 0 Å². The monoisotopic (exact) mass is 143 g/mol. The van der Waals surface area contributed by atoms with Crippen LogP contribution in [0.25, 0.3) is 0 Å². The Hall–Kier alpha value is -0.440. The lowest BCUT2D eigenvalue weighted by atomic mass is 10.3. The summed E-state index contributed by atoms with van der Waals surface area (Å²) in [4.78, 5) is 10.8. The predicted octanol–water partition coefficient (Wildman–Crippen LogP) is 0.752. The zero-order chi connectivity index (χ0) is 6.85. The quantitative estimate of drug-likeness (QED) is 0.456. The van der Waals surface area contributed by atoms with Crippen LogP contribution >= 0.6 is 11.8 Å². The number of hydrogen-bond acceptors (Lipinski definition) is 2. The van der Waals surface area contributed by atoms with Gasteiger partial charge in [-0.2, -0.15) is 0 Å². The maximum Gasteiger partial charge on any atom is 0.247 e. The fourth-order valence-corrected chi connectivity index (χ4v) is 0.771. The van der Waals surface area contributed by atoms with Crippen molar-refractivity contribution in [1.82, 2.24) is 5.32 Å². The molecule has 1 saturated heterocycles. The highest BCUT2D eigenvalue weighted by Crippen LogP contribution is 2.26. The first kappa shape index (κ1) is 6.68. The Labute approximate surface area is 58.7 Å². The lowest BCUT2D eigenvalue weighted by molar-refractivity contribution is -0.117. The Balaban J connectivity index is 2.25. The lowest BCUT2D eigenvalue weighted by Gasteiger charge is -1.98. The first-order valence-corrected chi connectivity index (χ1v) is 3.83. The van der Waals surface area contributed by atoms with Crippen molar-refractivity contribution in [3.05, 3.63) is 12.2 Å². The van der Waals surface area contributed by atoms with Crippen molar-refractivity contribution < 1.29 is 4.79 Å². The van der Waals surface area contributed by atoms with Crippen molar-refractivity contribution in [2.24, 2.45) is 0 Å². The third-order valence-corrected chi connectivity index (χ3v) is 1.80. The van der Waals surface area contributed by atoms with Gasteiger partial charge in [-0.05, 0) is 6.92 Å². The van der Waals surface area contributed by atoms with Crippen molar-refractivity contribution >= 4 is 17.7 Å². The minimum absolute atomic E-state index is 0.0231. The van der Waals surface area contributed by atoms with E-state index < -0.39 is 0 Å². The molecule has 2 nitrogen and oxygen atoms in total. The van der Waals surface area contributed by atoms with Crippen LogP contribution in [0.2, 0.25) is 0 Å². The molecule has 0 bridgehead atoms. The molecule has 0 aromatic carbocycles. The van der Waals surface area contributed by atoms with E-state index in [0.717, 1.165) is 5.75 Å². The van der Waals surface area contributed by atoms with Crippen LogP contribution in [-0.4, -0.2) is 17.0 Å². The highest BCUT2D eigenvalue weighted by molar-refractivity contribution is 8.06. The summed E-state index contributed by atoms with van der Waals surface area (Å²) < 4.78 is 0. The molecule has 0 aromatic rings. The molecular weight excluding hydrogens is 134 g/mol. The van der Waals surface area contributed by atoms with Gasteiger partial charge in [0.15, 0.2) is 0 Å². The molecule has 0 aliphatic carbocycles. The van der Waals surface area contributed by atoms with Gasteiger partial charge in [-0.15, -0.1) is 11.8 Å². The molecular formula is C6H9NOS. The smallest absolute Gasteiger partial charge is 0.247 e. The second kappa shape index (κ2) is 2.43. The molecule has 9 heavy (non-hydrogen) atoms. The van der Waals surface area contributed by atoms with Gasteiger partial charge < -0.3 is 5.32 Å². The lowest BCUT2D eigenvalue weighted by Crippen LogP contribution is -2.25. The van der Waals surface area contributed by atoms with Crippen molar-refractivity contribution in [3.8, 4) is 0 Å². The molecule has 1 N–H and O–H groups in total. The Bertz CT molecular complexity index is 151. The van der Waals surface area contributed by atoms with Crippen LogP contribution in [-0.2, 0) is 4.79 Å². The summed E-state index contributed by atoms with van der Waals surface area (Å²) in [6, 6.07) is 0. The molecule has 1 amide bonds. The molecule has 3 heteroatoms. The van der Waals surface area contributed by atoms with Gasteiger partial charge in [-0.3, -0.25) is 4.79 Å². The van der Waals surface area contributed by atoms with Crippen LogP contribution < -0.4 is 5.32 Å². The second-order valence-electron chi connectivity index (χ2n) is 2.08. The second-order valence-corrected chi connectivity index (χ2v) is 3.31. The number of amides is 1. The third-order valence-electron chi connectivity index (χ3n) is 1.01. The average molecular weight is 143 g/mol. The van der Waals surface area contributed by atoms with Crippen LogP contribution in [0.3, 0.4) is 0 Å². The Morgan fingerprint density at radius 2 is 2.44 bits per heavy atom. The van der Waals surface area contributed by atoms with E-state index in [1.807, 2.05) is 0 Å². The SMILES string of the molecule is C=C(C)C(=O)NC1CS1. The van der Waals surface area contributed by atoms with E-state index >= 15 is 0 Å². The Morgan fingerprint density at radius 1 is 1.89 bits per heavy atom. The fourth-order valence-electron chi connectivity index (χ4n) is 0.401. The van der Waals surface area contributed by atoms with Gasteiger partial charge in [0.1, 0.15) is 0 Å². The van der Waals surface area contributed by atoms with E-state index in [0.29, 0.717) is 10.9 Å². The number of rotatable bonds is 2. The van der Waals surface area contributed by atoms with Crippen LogP contribution in [0, 0.1) is 0 Å².